The van der Waals surface area contributed by atoms with Gasteiger partial charge in [-0.3, -0.25) is 5.10 Å². The third-order valence-corrected chi connectivity index (χ3v) is 3.06. The molecule has 1 aromatic carbocycles. The maximum absolute atomic E-state index is 4.47. The van der Waals surface area contributed by atoms with Crippen molar-refractivity contribution in [2.75, 3.05) is 0 Å². The molecule has 80 valence electrons. The number of aromatic amines is 2. The topological polar surface area (TPSA) is 70.2 Å². The van der Waals surface area contributed by atoms with E-state index in [0.717, 1.165) is 27.8 Å². The Balaban J connectivity index is 1.79. The molecule has 0 radical (unpaired) electrons. The highest BCUT2D eigenvalue weighted by atomic mass is 32.2. The molecule has 6 heteroatoms. The number of benzene rings is 1. The number of imidazole rings is 1. The Kier molecular flexibility index (Phi) is 2.34. The molecule has 0 fully saturated rings. The van der Waals surface area contributed by atoms with Gasteiger partial charge in [-0.05, 0) is 12.1 Å². The molecule has 0 aliphatic carbocycles. The van der Waals surface area contributed by atoms with E-state index in [1.165, 1.54) is 6.33 Å². The second-order valence-electron chi connectivity index (χ2n) is 3.28. The summed E-state index contributed by atoms with van der Waals surface area (Å²) >= 11 is 1.57. The van der Waals surface area contributed by atoms with Crippen LogP contribution in [0.5, 0.6) is 0 Å². The molecule has 0 saturated heterocycles. The number of fused-ring (bicyclic) bond motifs is 1. The Morgan fingerprint density at radius 1 is 1.25 bits per heavy atom. The van der Waals surface area contributed by atoms with E-state index in [2.05, 4.69) is 25.1 Å². The number of para-hydroxylation sites is 2. The number of aromatic nitrogens is 5. The zero-order valence-electron chi connectivity index (χ0n) is 8.34. The van der Waals surface area contributed by atoms with Crippen LogP contribution in [0.25, 0.3) is 11.0 Å². The van der Waals surface area contributed by atoms with Crippen LogP contribution in [0, 0.1) is 0 Å². The number of nitrogens with one attached hydrogen (secondary N) is 2. The minimum Gasteiger partial charge on any atom is -0.341 e. The average Bonchev–Trinajstić information content (AvgIpc) is 2.95. The third kappa shape index (κ3) is 1.79. The van der Waals surface area contributed by atoms with Crippen LogP contribution in [0.1, 0.15) is 5.82 Å². The number of H-pyrrole nitrogens is 2. The first-order valence-corrected chi connectivity index (χ1v) is 5.82. The number of hydrogen-bond donors (Lipinski definition) is 2. The lowest BCUT2D eigenvalue weighted by Gasteiger charge is -1.92. The number of rotatable bonds is 3. The van der Waals surface area contributed by atoms with Crippen LogP contribution in [-0.2, 0) is 5.75 Å². The number of thioether (sulfide) groups is 1. The molecule has 0 atom stereocenters. The average molecular weight is 231 g/mol. The van der Waals surface area contributed by atoms with Crippen molar-refractivity contribution >= 4 is 22.8 Å². The summed E-state index contributed by atoms with van der Waals surface area (Å²) in [6, 6.07) is 7.99. The predicted molar refractivity (Wildman–Crippen MR) is 62.0 cm³/mol. The molecular weight excluding hydrogens is 222 g/mol. The van der Waals surface area contributed by atoms with Gasteiger partial charge in [-0.15, -0.1) is 0 Å². The van der Waals surface area contributed by atoms with Gasteiger partial charge in [0.25, 0.3) is 0 Å². The summed E-state index contributed by atoms with van der Waals surface area (Å²) in [6.07, 6.45) is 1.50. The zero-order chi connectivity index (χ0) is 10.8. The van der Waals surface area contributed by atoms with Crippen molar-refractivity contribution in [3.05, 3.63) is 36.4 Å². The van der Waals surface area contributed by atoms with E-state index in [-0.39, 0.29) is 0 Å². The van der Waals surface area contributed by atoms with Gasteiger partial charge in [0.05, 0.1) is 16.8 Å². The lowest BCUT2D eigenvalue weighted by atomic mass is 10.3. The Hall–Kier alpha value is -1.82. The molecule has 2 heterocycles. The summed E-state index contributed by atoms with van der Waals surface area (Å²) in [4.78, 5) is 11.8. The van der Waals surface area contributed by atoms with Crippen LogP contribution in [0.4, 0.5) is 0 Å². The fraction of sp³-hybridized carbons (Fsp3) is 0.100. The van der Waals surface area contributed by atoms with Crippen LogP contribution in [0.3, 0.4) is 0 Å². The van der Waals surface area contributed by atoms with Crippen LogP contribution in [0.2, 0.25) is 0 Å². The molecule has 5 nitrogen and oxygen atoms in total. The maximum Gasteiger partial charge on any atom is 0.183 e. The molecule has 0 amide bonds. The Bertz CT molecular complexity index is 553. The first-order chi connectivity index (χ1) is 7.92. The Morgan fingerprint density at radius 3 is 3.00 bits per heavy atom. The maximum atomic E-state index is 4.47. The van der Waals surface area contributed by atoms with Crippen molar-refractivity contribution < 1.29 is 0 Å². The van der Waals surface area contributed by atoms with E-state index in [1.807, 2.05) is 24.3 Å². The molecule has 0 unspecified atom stereocenters. The predicted octanol–water partition coefficient (Wildman–Crippen LogP) is 1.97. The van der Waals surface area contributed by atoms with Gasteiger partial charge in [0.15, 0.2) is 5.16 Å². The van der Waals surface area contributed by atoms with Gasteiger partial charge in [-0.1, -0.05) is 23.9 Å². The molecule has 0 saturated carbocycles. The van der Waals surface area contributed by atoms with E-state index in [4.69, 9.17) is 0 Å². The molecule has 0 aliphatic rings. The number of nitrogens with zero attached hydrogens (tertiary/aromatic N) is 3. The van der Waals surface area contributed by atoms with Crippen LogP contribution >= 0.6 is 11.8 Å². The van der Waals surface area contributed by atoms with Gasteiger partial charge in [-0.25, -0.2) is 9.97 Å². The minimum atomic E-state index is 0.754. The summed E-state index contributed by atoms with van der Waals surface area (Å²) in [6.45, 7) is 0. The smallest absolute Gasteiger partial charge is 0.183 e. The van der Waals surface area contributed by atoms with Gasteiger partial charge in [0.2, 0.25) is 0 Å². The van der Waals surface area contributed by atoms with Gasteiger partial charge in [0.1, 0.15) is 12.2 Å². The monoisotopic (exact) mass is 231 g/mol. The zero-order valence-corrected chi connectivity index (χ0v) is 9.16. The lowest BCUT2D eigenvalue weighted by Crippen LogP contribution is -1.84. The third-order valence-electron chi connectivity index (χ3n) is 2.18. The fourth-order valence-corrected chi connectivity index (χ4v) is 2.12. The van der Waals surface area contributed by atoms with Crippen molar-refractivity contribution in [3.8, 4) is 0 Å². The largest absolute Gasteiger partial charge is 0.341 e. The molecule has 0 spiro atoms. The Morgan fingerprint density at radius 2 is 2.19 bits per heavy atom. The van der Waals surface area contributed by atoms with Crippen molar-refractivity contribution in [2.24, 2.45) is 0 Å². The van der Waals surface area contributed by atoms with Crippen molar-refractivity contribution in [1.82, 2.24) is 25.1 Å². The summed E-state index contributed by atoms with van der Waals surface area (Å²) in [7, 11) is 0. The van der Waals surface area contributed by atoms with Gasteiger partial charge < -0.3 is 4.98 Å². The standard InChI is InChI=1S/C10H9N5S/c1-2-4-8-7(3-1)13-9(14-8)5-16-10-11-6-12-15-10/h1-4,6H,5H2,(H,13,14)(H,11,12,15). The van der Waals surface area contributed by atoms with E-state index < -0.39 is 0 Å². The van der Waals surface area contributed by atoms with Gasteiger partial charge in [0, 0.05) is 0 Å². The molecule has 0 bridgehead atoms. The van der Waals surface area contributed by atoms with E-state index in [9.17, 15) is 0 Å². The highest BCUT2D eigenvalue weighted by Gasteiger charge is 2.03. The van der Waals surface area contributed by atoms with Crippen LogP contribution in [-0.4, -0.2) is 25.1 Å². The molecule has 3 aromatic rings. The molecule has 16 heavy (non-hydrogen) atoms. The first-order valence-electron chi connectivity index (χ1n) is 4.83. The SMILES string of the molecule is c1ccc2[nH]c(CSc3ncn[nH]3)nc2c1. The van der Waals surface area contributed by atoms with Crippen molar-refractivity contribution in [1.29, 1.82) is 0 Å². The van der Waals surface area contributed by atoms with Gasteiger partial charge in [-0.2, -0.15) is 5.10 Å². The molecular formula is C10H9N5S. The molecule has 3 rings (SSSR count). The Labute approximate surface area is 95.7 Å². The quantitative estimate of drug-likeness (QED) is 0.676. The summed E-state index contributed by atoms with van der Waals surface area (Å²) in [5, 5.41) is 7.40. The summed E-state index contributed by atoms with van der Waals surface area (Å²) in [5.74, 6) is 1.70. The summed E-state index contributed by atoms with van der Waals surface area (Å²) in [5.41, 5.74) is 2.06. The van der Waals surface area contributed by atoms with Crippen molar-refractivity contribution in [2.45, 2.75) is 10.9 Å². The van der Waals surface area contributed by atoms with Crippen LogP contribution in [0.15, 0.2) is 35.7 Å². The van der Waals surface area contributed by atoms with Crippen LogP contribution < -0.4 is 0 Å². The first kappa shape index (κ1) is 9.41. The molecule has 0 aliphatic heterocycles. The van der Waals surface area contributed by atoms with Gasteiger partial charge >= 0.3 is 0 Å². The minimum absolute atomic E-state index is 0.754. The van der Waals surface area contributed by atoms with Crippen molar-refractivity contribution in [3.63, 3.8) is 0 Å². The highest BCUT2D eigenvalue weighted by molar-refractivity contribution is 7.98. The van der Waals surface area contributed by atoms with E-state index >= 15 is 0 Å². The second-order valence-corrected chi connectivity index (χ2v) is 4.24. The molecule has 2 N–H and O–H groups in total. The summed E-state index contributed by atoms with van der Waals surface area (Å²) < 4.78 is 0. The fourth-order valence-electron chi connectivity index (χ4n) is 1.47. The highest BCUT2D eigenvalue weighted by Crippen LogP contribution is 2.18. The second kappa shape index (κ2) is 3.97. The molecule has 2 aromatic heterocycles. The van der Waals surface area contributed by atoms with E-state index in [0.29, 0.717) is 0 Å². The normalized spacial score (nSPS) is 11.0. The number of hydrogen-bond acceptors (Lipinski definition) is 4. The van der Waals surface area contributed by atoms with E-state index in [1.54, 1.807) is 11.8 Å². The lowest BCUT2D eigenvalue weighted by molar-refractivity contribution is 0.970.